The van der Waals surface area contributed by atoms with Gasteiger partial charge in [0.15, 0.2) is 11.4 Å². The summed E-state index contributed by atoms with van der Waals surface area (Å²) in [4.78, 5) is 21.3. The first kappa shape index (κ1) is 15.4. The van der Waals surface area contributed by atoms with Gasteiger partial charge in [-0.2, -0.15) is 0 Å². The van der Waals surface area contributed by atoms with Crippen molar-refractivity contribution in [1.29, 1.82) is 0 Å². The summed E-state index contributed by atoms with van der Waals surface area (Å²) in [5, 5.41) is 1.02. The number of hydrogen-bond donors (Lipinski definition) is 0. The van der Waals surface area contributed by atoms with E-state index in [0.717, 1.165) is 41.6 Å². The van der Waals surface area contributed by atoms with E-state index in [-0.39, 0.29) is 0 Å². The number of carbonyl (C=O) groups is 1. The lowest BCUT2D eigenvalue weighted by atomic mass is 10.2. The molecule has 1 aliphatic carbocycles. The van der Waals surface area contributed by atoms with Crippen molar-refractivity contribution < 1.29 is 4.79 Å². The molecule has 1 fully saturated rings. The monoisotopic (exact) mass is 295 g/mol. The molecule has 0 spiro atoms. The van der Waals surface area contributed by atoms with E-state index in [4.69, 9.17) is 4.98 Å². The number of aldehydes is 1. The van der Waals surface area contributed by atoms with Crippen molar-refractivity contribution >= 4 is 22.8 Å². The smallest absolute Gasteiger partial charge is 0.186 e. The van der Waals surface area contributed by atoms with Crippen LogP contribution in [0.15, 0.2) is 0 Å². The fourth-order valence-corrected chi connectivity index (χ4v) is 3.23. The molecule has 5 heteroatoms. The summed E-state index contributed by atoms with van der Waals surface area (Å²) in [5.74, 6) is 1.13. The maximum Gasteiger partial charge on any atom is 0.186 e. The third-order valence-corrected chi connectivity index (χ3v) is 4.47. The highest BCUT2D eigenvalue weighted by Crippen LogP contribution is 2.43. The Kier molecular flexibility index (Phi) is 5.16. The van der Waals surface area contributed by atoms with E-state index in [2.05, 4.69) is 37.7 Å². The Morgan fingerprint density at radius 2 is 2.05 bits per heavy atom. The SMILES string of the molecule is CC(C)CN(CCN(C)C)c1nc(C2CC2)c(C=O)s1. The first-order chi connectivity index (χ1) is 9.51. The molecule has 2 rings (SSSR count). The molecule has 0 N–H and O–H groups in total. The van der Waals surface area contributed by atoms with Crippen LogP contribution in [0.2, 0.25) is 0 Å². The Balaban J connectivity index is 2.16. The number of aromatic nitrogens is 1. The summed E-state index contributed by atoms with van der Waals surface area (Å²) < 4.78 is 0. The number of rotatable bonds is 8. The standard InChI is InChI=1S/C15H25N3OS/c1-11(2)9-18(8-7-17(3)4)15-16-14(12-5-6-12)13(10-19)20-15/h10-12H,5-9H2,1-4H3. The lowest BCUT2D eigenvalue weighted by Crippen LogP contribution is -2.34. The minimum absolute atomic E-state index is 0.537. The molecule has 0 aromatic carbocycles. The predicted octanol–water partition coefficient (Wildman–Crippen LogP) is 2.86. The molecule has 0 unspecified atom stereocenters. The van der Waals surface area contributed by atoms with E-state index in [0.29, 0.717) is 11.8 Å². The second-order valence-corrected chi connectivity index (χ2v) is 7.29. The summed E-state index contributed by atoms with van der Waals surface area (Å²) in [6, 6.07) is 0. The fraction of sp³-hybridized carbons (Fsp3) is 0.733. The van der Waals surface area contributed by atoms with Crippen molar-refractivity contribution in [2.24, 2.45) is 5.92 Å². The Morgan fingerprint density at radius 1 is 1.35 bits per heavy atom. The van der Waals surface area contributed by atoms with Crippen LogP contribution >= 0.6 is 11.3 Å². The van der Waals surface area contributed by atoms with Crippen LogP contribution in [0.3, 0.4) is 0 Å². The summed E-state index contributed by atoms with van der Waals surface area (Å²) in [5.41, 5.74) is 1.04. The number of nitrogens with zero attached hydrogens (tertiary/aromatic N) is 3. The first-order valence-electron chi connectivity index (χ1n) is 7.36. The van der Waals surface area contributed by atoms with E-state index in [1.165, 1.54) is 12.8 Å². The Hall–Kier alpha value is -0.940. The molecular weight excluding hydrogens is 270 g/mol. The summed E-state index contributed by atoms with van der Waals surface area (Å²) in [7, 11) is 4.17. The summed E-state index contributed by atoms with van der Waals surface area (Å²) in [6.45, 7) is 7.39. The van der Waals surface area contributed by atoms with Crippen LogP contribution in [-0.2, 0) is 0 Å². The second-order valence-electron chi connectivity index (χ2n) is 6.28. The normalized spacial score (nSPS) is 15.1. The minimum atomic E-state index is 0.537. The average Bonchev–Trinajstić information content (AvgIpc) is 3.13. The van der Waals surface area contributed by atoms with Gasteiger partial charge in [-0.15, -0.1) is 0 Å². The van der Waals surface area contributed by atoms with E-state index in [1.54, 1.807) is 11.3 Å². The van der Waals surface area contributed by atoms with E-state index in [9.17, 15) is 4.79 Å². The second kappa shape index (κ2) is 6.68. The molecule has 1 aromatic heterocycles. The van der Waals surface area contributed by atoms with Crippen molar-refractivity contribution in [3.63, 3.8) is 0 Å². The highest BCUT2D eigenvalue weighted by atomic mass is 32.1. The Labute approximate surface area is 125 Å². The zero-order valence-electron chi connectivity index (χ0n) is 12.9. The van der Waals surface area contributed by atoms with E-state index < -0.39 is 0 Å². The van der Waals surface area contributed by atoms with Gasteiger partial charge in [0, 0.05) is 25.6 Å². The van der Waals surface area contributed by atoms with Crippen molar-refractivity contribution in [1.82, 2.24) is 9.88 Å². The van der Waals surface area contributed by atoms with Gasteiger partial charge in [-0.3, -0.25) is 4.79 Å². The van der Waals surface area contributed by atoms with E-state index >= 15 is 0 Å². The molecule has 0 radical (unpaired) electrons. The fourth-order valence-electron chi connectivity index (χ4n) is 2.23. The predicted molar refractivity (Wildman–Crippen MR) is 85.1 cm³/mol. The Morgan fingerprint density at radius 3 is 2.55 bits per heavy atom. The molecule has 0 saturated heterocycles. The number of anilines is 1. The molecule has 1 saturated carbocycles. The molecule has 0 atom stereocenters. The van der Waals surface area contributed by atoms with Gasteiger partial charge in [0.25, 0.3) is 0 Å². The lowest BCUT2D eigenvalue weighted by molar-refractivity contribution is 0.112. The van der Waals surface area contributed by atoms with Crippen LogP contribution < -0.4 is 4.90 Å². The van der Waals surface area contributed by atoms with Crippen molar-refractivity contribution in [2.45, 2.75) is 32.6 Å². The molecule has 1 aromatic rings. The highest BCUT2D eigenvalue weighted by molar-refractivity contribution is 7.17. The maximum atomic E-state index is 11.2. The van der Waals surface area contributed by atoms with Gasteiger partial charge in [0.1, 0.15) is 0 Å². The summed E-state index contributed by atoms with van der Waals surface area (Å²) in [6.07, 6.45) is 3.35. The largest absolute Gasteiger partial charge is 0.347 e. The molecule has 4 nitrogen and oxygen atoms in total. The molecular formula is C15H25N3OS. The van der Waals surface area contributed by atoms with Crippen LogP contribution in [0.1, 0.15) is 48.0 Å². The van der Waals surface area contributed by atoms with Gasteiger partial charge in [0.05, 0.1) is 10.6 Å². The van der Waals surface area contributed by atoms with Crippen LogP contribution in [0.5, 0.6) is 0 Å². The Bertz CT molecular complexity index is 452. The summed E-state index contributed by atoms with van der Waals surface area (Å²) >= 11 is 1.56. The third-order valence-electron chi connectivity index (χ3n) is 3.41. The number of carbonyl (C=O) groups excluding carboxylic acids is 1. The first-order valence-corrected chi connectivity index (χ1v) is 8.18. The van der Waals surface area contributed by atoms with Crippen LogP contribution in [-0.4, -0.2) is 49.9 Å². The van der Waals surface area contributed by atoms with Gasteiger partial charge in [-0.1, -0.05) is 25.2 Å². The molecule has 0 bridgehead atoms. The van der Waals surface area contributed by atoms with Crippen molar-refractivity contribution in [3.05, 3.63) is 10.6 Å². The van der Waals surface area contributed by atoms with Gasteiger partial charge in [0.2, 0.25) is 0 Å². The van der Waals surface area contributed by atoms with E-state index in [1.807, 2.05) is 0 Å². The van der Waals surface area contributed by atoms with Gasteiger partial charge in [-0.05, 0) is 32.9 Å². The lowest BCUT2D eigenvalue weighted by Gasteiger charge is -2.25. The molecule has 112 valence electrons. The highest BCUT2D eigenvalue weighted by Gasteiger charge is 2.30. The molecule has 0 amide bonds. The molecule has 1 heterocycles. The van der Waals surface area contributed by atoms with Gasteiger partial charge >= 0.3 is 0 Å². The molecule has 20 heavy (non-hydrogen) atoms. The zero-order chi connectivity index (χ0) is 14.7. The van der Waals surface area contributed by atoms with Crippen LogP contribution in [0.4, 0.5) is 5.13 Å². The van der Waals surface area contributed by atoms with Crippen LogP contribution in [0, 0.1) is 5.92 Å². The zero-order valence-corrected chi connectivity index (χ0v) is 13.7. The van der Waals surface area contributed by atoms with Crippen molar-refractivity contribution in [2.75, 3.05) is 38.6 Å². The third kappa shape index (κ3) is 4.03. The topological polar surface area (TPSA) is 36.4 Å². The molecule has 0 aliphatic heterocycles. The van der Waals surface area contributed by atoms with Gasteiger partial charge in [-0.25, -0.2) is 4.98 Å². The minimum Gasteiger partial charge on any atom is -0.347 e. The average molecular weight is 295 g/mol. The maximum absolute atomic E-state index is 11.2. The van der Waals surface area contributed by atoms with Gasteiger partial charge < -0.3 is 9.80 Å². The molecule has 1 aliphatic rings. The number of likely N-dealkylation sites (N-methyl/N-ethyl adjacent to an activating group) is 1. The number of hydrogen-bond acceptors (Lipinski definition) is 5. The van der Waals surface area contributed by atoms with Crippen LogP contribution in [0.25, 0.3) is 0 Å². The number of thiazole rings is 1. The quantitative estimate of drug-likeness (QED) is 0.691. The van der Waals surface area contributed by atoms with Crippen molar-refractivity contribution in [3.8, 4) is 0 Å².